The molecule has 0 aromatic carbocycles. The molecule has 0 aliphatic rings. The molecule has 0 amide bonds. The molecule has 0 radical (unpaired) electrons. The molecule has 0 spiro atoms. The van der Waals surface area contributed by atoms with Gasteiger partial charge in [0.05, 0.1) is 4.24 Å². The van der Waals surface area contributed by atoms with Gasteiger partial charge in [0.15, 0.2) is 17.4 Å². The first-order valence-electron chi connectivity index (χ1n) is 0.535. The van der Waals surface area contributed by atoms with Gasteiger partial charge in [0.1, 0.15) is 0 Å². The number of alkyl halides is 2. The zero-order valence-electron chi connectivity index (χ0n) is 1.46. The van der Waals surface area contributed by atoms with Gasteiger partial charge in [-0.25, -0.2) is 0 Å². The summed E-state index contributed by atoms with van der Waals surface area (Å²) < 4.78 is 0.875. The molecule has 0 saturated heterocycles. The highest BCUT2D eigenvalue weighted by Crippen LogP contribution is 1.83. The molecule has 26 valence electrons. The van der Waals surface area contributed by atoms with E-state index in [1.807, 2.05) is 0 Å². The molecule has 3 heteroatoms. The Kier molecular flexibility index (Phi) is 20.0. The van der Waals surface area contributed by atoms with Crippen molar-refractivity contribution >= 4 is 49.2 Å². The van der Waals surface area contributed by atoms with Crippen LogP contribution in [0.3, 0.4) is 0 Å². The summed E-state index contributed by atoms with van der Waals surface area (Å²) in [6.45, 7) is 0. The molecular formula is CH5AlBr2. The third-order valence-electron chi connectivity index (χ3n) is 0. The highest BCUT2D eigenvalue weighted by atomic mass is 79.9. The second-order valence-corrected chi connectivity index (χ2v) is 2.73. The van der Waals surface area contributed by atoms with E-state index in [0.29, 0.717) is 0 Å². The maximum atomic E-state index is 3.06. The number of rotatable bonds is 0. The van der Waals surface area contributed by atoms with Crippen molar-refractivity contribution in [3.8, 4) is 0 Å². The van der Waals surface area contributed by atoms with Crippen molar-refractivity contribution in [3.63, 3.8) is 0 Å². The summed E-state index contributed by atoms with van der Waals surface area (Å²) in [5, 5.41) is 0. The smallest absolute Gasteiger partial charge is 0.0802 e. The molecular weight excluding hydrogens is 199 g/mol. The van der Waals surface area contributed by atoms with E-state index in [-0.39, 0.29) is 17.4 Å². The fourth-order valence-electron chi connectivity index (χ4n) is 0. The van der Waals surface area contributed by atoms with E-state index in [1.165, 1.54) is 0 Å². The van der Waals surface area contributed by atoms with Crippen molar-refractivity contribution in [1.29, 1.82) is 0 Å². The summed E-state index contributed by atoms with van der Waals surface area (Å²) >= 11 is 6.12. The molecule has 0 aromatic rings. The molecule has 0 saturated carbocycles. The normalized spacial score (nSPS) is 4.50. The van der Waals surface area contributed by atoms with Crippen LogP contribution in [0.4, 0.5) is 0 Å². The maximum Gasteiger partial charge on any atom is 0.187 e. The van der Waals surface area contributed by atoms with E-state index in [2.05, 4.69) is 31.9 Å². The lowest BCUT2D eigenvalue weighted by atomic mass is 12.0. The van der Waals surface area contributed by atoms with E-state index in [4.69, 9.17) is 0 Å². The Balaban J connectivity index is 0. The summed E-state index contributed by atoms with van der Waals surface area (Å²) in [5.41, 5.74) is 0. The van der Waals surface area contributed by atoms with Gasteiger partial charge in [-0.2, -0.15) is 0 Å². The topological polar surface area (TPSA) is 0 Å². The zero-order valence-corrected chi connectivity index (χ0v) is 4.64. The second-order valence-electron chi connectivity index (χ2n) is 0.101. The Bertz CT molecular complexity index is 6.00. The molecule has 0 aliphatic heterocycles. The van der Waals surface area contributed by atoms with Gasteiger partial charge in [0.2, 0.25) is 0 Å². The van der Waals surface area contributed by atoms with Crippen molar-refractivity contribution in [2.45, 2.75) is 0 Å². The molecule has 0 atom stereocenters. The molecule has 0 rings (SSSR count). The fraction of sp³-hybridized carbons (Fsp3) is 1.00. The highest BCUT2D eigenvalue weighted by molar-refractivity contribution is 9.24. The third-order valence-corrected chi connectivity index (χ3v) is 0. The zero-order chi connectivity index (χ0) is 2.71. The van der Waals surface area contributed by atoms with E-state index in [0.717, 1.165) is 4.24 Å². The van der Waals surface area contributed by atoms with Crippen LogP contribution in [0.2, 0.25) is 0 Å². The van der Waals surface area contributed by atoms with Crippen LogP contribution in [0.1, 0.15) is 0 Å². The Morgan fingerprint density at radius 2 is 1.25 bits per heavy atom. The van der Waals surface area contributed by atoms with Crippen LogP contribution in [0.15, 0.2) is 0 Å². The van der Waals surface area contributed by atoms with Crippen LogP contribution in [0.25, 0.3) is 0 Å². The van der Waals surface area contributed by atoms with Gasteiger partial charge in [0.25, 0.3) is 0 Å². The van der Waals surface area contributed by atoms with E-state index in [9.17, 15) is 0 Å². The van der Waals surface area contributed by atoms with Crippen LogP contribution in [-0.2, 0) is 0 Å². The van der Waals surface area contributed by atoms with Crippen LogP contribution in [0.5, 0.6) is 0 Å². The molecule has 0 heterocycles. The van der Waals surface area contributed by atoms with E-state index >= 15 is 0 Å². The lowest BCUT2D eigenvalue weighted by molar-refractivity contribution is 2.44. The van der Waals surface area contributed by atoms with Gasteiger partial charge in [-0.15, -0.1) is 0 Å². The fourth-order valence-corrected chi connectivity index (χ4v) is 0. The molecule has 0 aliphatic carbocycles. The van der Waals surface area contributed by atoms with Crippen molar-refractivity contribution in [2.75, 3.05) is 4.24 Å². The maximum absolute atomic E-state index is 3.06. The summed E-state index contributed by atoms with van der Waals surface area (Å²) in [4.78, 5) is 0. The summed E-state index contributed by atoms with van der Waals surface area (Å²) in [5.74, 6) is 0. The van der Waals surface area contributed by atoms with E-state index < -0.39 is 0 Å². The Labute approximate surface area is 53.3 Å². The van der Waals surface area contributed by atoms with Gasteiger partial charge < -0.3 is 0 Å². The Morgan fingerprint density at radius 1 is 1.25 bits per heavy atom. The van der Waals surface area contributed by atoms with Gasteiger partial charge in [0, 0.05) is 0 Å². The average Bonchev–Trinajstić information content (AvgIpc) is 0.918. The monoisotopic (exact) mass is 202 g/mol. The minimum absolute atomic E-state index is 0. The first kappa shape index (κ1) is 9.09. The molecule has 0 nitrogen and oxygen atoms in total. The Morgan fingerprint density at radius 3 is 1.25 bits per heavy atom. The van der Waals surface area contributed by atoms with Crippen molar-refractivity contribution in [2.24, 2.45) is 0 Å². The molecule has 4 heavy (non-hydrogen) atoms. The molecule has 0 bridgehead atoms. The first-order valence-corrected chi connectivity index (χ1v) is 2.78. The summed E-state index contributed by atoms with van der Waals surface area (Å²) in [6, 6.07) is 0. The van der Waals surface area contributed by atoms with Gasteiger partial charge in [-0.05, 0) is 0 Å². The van der Waals surface area contributed by atoms with Gasteiger partial charge in [-0.3, -0.25) is 0 Å². The Hall–Kier alpha value is 1.49. The number of halogens is 2. The summed E-state index contributed by atoms with van der Waals surface area (Å²) in [6.07, 6.45) is 0. The minimum Gasteiger partial charge on any atom is -0.0802 e. The quantitative estimate of drug-likeness (QED) is 0.399. The van der Waals surface area contributed by atoms with Crippen molar-refractivity contribution in [3.05, 3.63) is 0 Å². The molecule has 0 fully saturated rings. The lowest BCUT2D eigenvalue weighted by Gasteiger charge is -1.43. The number of hydrogen-bond acceptors (Lipinski definition) is 0. The molecule has 0 N–H and O–H groups in total. The predicted molar refractivity (Wildman–Crippen MR) is 32.7 cm³/mol. The van der Waals surface area contributed by atoms with Crippen LogP contribution < -0.4 is 0 Å². The third kappa shape index (κ3) is 9.74. The molecule has 0 unspecified atom stereocenters. The highest BCUT2D eigenvalue weighted by Gasteiger charge is 1.41. The first-order chi connectivity index (χ1) is 1.41. The van der Waals surface area contributed by atoms with Crippen molar-refractivity contribution in [1.82, 2.24) is 0 Å². The van der Waals surface area contributed by atoms with Gasteiger partial charge in [-0.1, -0.05) is 31.9 Å². The predicted octanol–water partition coefficient (Wildman–Crippen LogP) is 0.550. The van der Waals surface area contributed by atoms with Crippen molar-refractivity contribution < 1.29 is 0 Å². The molecule has 0 aromatic heterocycles. The van der Waals surface area contributed by atoms with Crippen LogP contribution in [0, 0.1) is 0 Å². The van der Waals surface area contributed by atoms with Gasteiger partial charge >= 0.3 is 0 Å². The standard InChI is InChI=1S/CH2Br2.Al.3H/c2-1-3;;;;/h1H2;;;;. The summed E-state index contributed by atoms with van der Waals surface area (Å²) in [7, 11) is 0. The van der Waals surface area contributed by atoms with Crippen LogP contribution >= 0.6 is 31.9 Å². The van der Waals surface area contributed by atoms with E-state index in [1.54, 1.807) is 0 Å². The number of hydrogen-bond donors (Lipinski definition) is 0. The lowest BCUT2D eigenvalue weighted by Crippen LogP contribution is -1.19. The SMILES string of the molecule is BrCBr.[AlH3]. The largest absolute Gasteiger partial charge is 0.187 e. The minimum atomic E-state index is 0. The average molecular weight is 204 g/mol. The van der Waals surface area contributed by atoms with Crippen LogP contribution in [-0.4, -0.2) is 21.6 Å². The second kappa shape index (κ2) is 8.82.